The molecule has 0 bridgehead atoms. The number of primary amides is 1. The molecule has 7 heteroatoms. The second-order valence-corrected chi connectivity index (χ2v) is 8.76. The van der Waals surface area contributed by atoms with E-state index >= 15 is 0 Å². The van der Waals surface area contributed by atoms with E-state index in [9.17, 15) is 9.18 Å². The first-order valence-electron chi connectivity index (χ1n) is 8.94. The zero-order valence-corrected chi connectivity index (χ0v) is 17.6. The van der Waals surface area contributed by atoms with E-state index in [0.717, 1.165) is 5.56 Å². The van der Waals surface area contributed by atoms with Gasteiger partial charge >= 0.3 is 6.09 Å². The van der Waals surface area contributed by atoms with Gasteiger partial charge < -0.3 is 15.2 Å². The summed E-state index contributed by atoms with van der Waals surface area (Å²) in [6, 6.07) is 6.41. The van der Waals surface area contributed by atoms with E-state index in [1.807, 2.05) is 27.7 Å². The molecule has 0 aliphatic heterocycles. The highest BCUT2D eigenvalue weighted by Crippen LogP contribution is 2.49. The first-order valence-corrected chi connectivity index (χ1v) is 9.69. The Labute approximate surface area is 173 Å². The Kier molecular flexibility index (Phi) is 5.52. The van der Waals surface area contributed by atoms with Gasteiger partial charge in [0.05, 0.1) is 16.1 Å². The molecule has 3 rings (SSSR count). The Balaban J connectivity index is 2.06. The van der Waals surface area contributed by atoms with E-state index in [-0.39, 0.29) is 6.10 Å². The van der Waals surface area contributed by atoms with Crippen LogP contribution in [-0.2, 0) is 11.2 Å². The summed E-state index contributed by atoms with van der Waals surface area (Å²) in [5, 5.41) is 0.623. The molecule has 1 amide bonds. The quantitative estimate of drug-likeness (QED) is 0.624. The lowest BCUT2D eigenvalue weighted by atomic mass is 9.87. The van der Waals surface area contributed by atoms with Crippen molar-refractivity contribution in [3.63, 3.8) is 0 Å². The van der Waals surface area contributed by atoms with Crippen LogP contribution in [-0.4, -0.2) is 12.2 Å². The number of amides is 1. The number of rotatable bonds is 4. The highest BCUT2D eigenvalue weighted by molar-refractivity contribution is 6.37. The normalized spacial score (nSPS) is 17.5. The van der Waals surface area contributed by atoms with Crippen LogP contribution in [0.2, 0.25) is 10.0 Å². The van der Waals surface area contributed by atoms with Crippen molar-refractivity contribution in [1.29, 1.82) is 0 Å². The van der Waals surface area contributed by atoms with Crippen LogP contribution in [0.3, 0.4) is 0 Å². The maximum absolute atomic E-state index is 15.0. The van der Waals surface area contributed by atoms with Crippen molar-refractivity contribution in [3.8, 4) is 16.9 Å². The molecule has 0 spiro atoms. The fraction of sp³-hybridized carbons (Fsp3) is 0.381. The van der Waals surface area contributed by atoms with Gasteiger partial charge in [-0.2, -0.15) is 0 Å². The van der Waals surface area contributed by atoms with Gasteiger partial charge in [-0.15, -0.1) is 0 Å². The van der Waals surface area contributed by atoms with Gasteiger partial charge in [0.25, 0.3) is 0 Å². The van der Waals surface area contributed by atoms with Gasteiger partial charge in [0.2, 0.25) is 0 Å². The molecule has 0 unspecified atom stereocenters. The van der Waals surface area contributed by atoms with Gasteiger partial charge in [-0.25, -0.2) is 9.18 Å². The molecule has 0 radical (unpaired) electrons. The zero-order valence-electron chi connectivity index (χ0n) is 16.1. The van der Waals surface area contributed by atoms with Crippen LogP contribution in [0.4, 0.5) is 9.18 Å². The first-order chi connectivity index (χ1) is 13.0. The summed E-state index contributed by atoms with van der Waals surface area (Å²) in [6.45, 7) is 7.63. The van der Waals surface area contributed by atoms with E-state index in [0.29, 0.717) is 38.9 Å². The Morgan fingerprint density at radius 2 is 1.82 bits per heavy atom. The average Bonchev–Trinajstić information content (AvgIpc) is 2.79. The highest BCUT2D eigenvalue weighted by Gasteiger charge is 2.42. The fourth-order valence-corrected chi connectivity index (χ4v) is 4.24. The summed E-state index contributed by atoms with van der Waals surface area (Å²) in [4.78, 5) is 11.3. The molecule has 0 aromatic heterocycles. The number of hydrogen-bond acceptors (Lipinski definition) is 3. The van der Waals surface area contributed by atoms with Gasteiger partial charge in [0.15, 0.2) is 5.75 Å². The number of fused-ring (bicyclic) bond motifs is 1. The summed E-state index contributed by atoms with van der Waals surface area (Å²) < 4.78 is 25.9. The molecule has 0 heterocycles. The highest BCUT2D eigenvalue weighted by atomic mass is 35.5. The Morgan fingerprint density at radius 1 is 1.21 bits per heavy atom. The Hall–Kier alpha value is -1.98. The van der Waals surface area contributed by atoms with Crippen molar-refractivity contribution in [2.24, 2.45) is 11.1 Å². The molecule has 4 nitrogen and oxygen atoms in total. The molecule has 2 N–H and O–H groups in total. The summed E-state index contributed by atoms with van der Waals surface area (Å²) in [6.07, 6.45) is -0.960. The van der Waals surface area contributed by atoms with Crippen molar-refractivity contribution in [2.75, 3.05) is 0 Å². The molecule has 1 atom stereocenters. The summed E-state index contributed by atoms with van der Waals surface area (Å²) in [5.41, 5.74) is 7.23. The van der Waals surface area contributed by atoms with E-state index in [1.165, 1.54) is 6.07 Å². The number of ether oxygens (including phenoxy) is 2. The van der Waals surface area contributed by atoms with Crippen molar-refractivity contribution in [1.82, 2.24) is 0 Å². The molecule has 0 saturated carbocycles. The standard InChI is InChI=1S/C21H22Cl2FNO3/c1-10(2)27-18-15(22)6-11(7-16(18)23)13-5-12-9-21(3,4)19(28-20(25)26)14(12)8-17(13)24/h5-8,10,19H,9H2,1-4H3,(H2,25,26)/t19-/m0/s1. The van der Waals surface area contributed by atoms with E-state index in [4.69, 9.17) is 38.4 Å². The van der Waals surface area contributed by atoms with Gasteiger partial charge in [0, 0.05) is 11.0 Å². The molecule has 2 aromatic rings. The molecule has 1 aliphatic carbocycles. The van der Waals surface area contributed by atoms with Crippen molar-refractivity contribution < 1.29 is 18.7 Å². The number of halogens is 3. The molecule has 150 valence electrons. The fourth-order valence-electron chi connectivity index (χ4n) is 3.66. The van der Waals surface area contributed by atoms with Gasteiger partial charge in [-0.3, -0.25) is 0 Å². The van der Waals surface area contributed by atoms with E-state index < -0.39 is 23.4 Å². The molecule has 0 fully saturated rings. The molecule has 0 saturated heterocycles. The number of carbonyl (C=O) groups is 1. The summed E-state index contributed by atoms with van der Waals surface area (Å²) >= 11 is 12.6. The smallest absolute Gasteiger partial charge is 0.405 e. The van der Waals surface area contributed by atoms with Crippen LogP contribution in [0.25, 0.3) is 11.1 Å². The number of benzene rings is 2. The monoisotopic (exact) mass is 425 g/mol. The van der Waals surface area contributed by atoms with Gasteiger partial charge in [-0.1, -0.05) is 37.0 Å². The molecule has 28 heavy (non-hydrogen) atoms. The second-order valence-electron chi connectivity index (χ2n) is 7.95. The molecular weight excluding hydrogens is 404 g/mol. The lowest BCUT2D eigenvalue weighted by Crippen LogP contribution is -2.25. The zero-order chi connectivity index (χ0) is 20.8. The Morgan fingerprint density at radius 3 is 2.36 bits per heavy atom. The van der Waals surface area contributed by atoms with Gasteiger partial charge in [-0.05, 0) is 61.2 Å². The Bertz CT molecular complexity index is 920. The average molecular weight is 426 g/mol. The third-order valence-corrected chi connectivity index (χ3v) is 5.33. The minimum atomic E-state index is -0.880. The second kappa shape index (κ2) is 7.45. The minimum Gasteiger partial charge on any atom is -0.488 e. The first kappa shape index (κ1) is 20.7. The van der Waals surface area contributed by atoms with E-state index in [2.05, 4.69) is 0 Å². The number of nitrogens with two attached hydrogens (primary N) is 1. The number of carbonyl (C=O) groups excluding carboxylic acids is 1. The van der Waals surface area contributed by atoms with Crippen LogP contribution in [0.5, 0.6) is 5.75 Å². The topological polar surface area (TPSA) is 61.6 Å². The van der Waals surface area contributed by atoms with Crippen LogP contribution >= 0.6 is 23.2 Å². The molecule has 1 aliphatic rings. The SMILES string of the molecule is CC(C)Oc1c(Cl)cc(-c2cc3c(cc2F)[C@H](OC(N)=O)C(C)(C)C3)cc1Cl. The third-order valence-electron chi connectivity index (χ3n) is 4.76. The third kappa shape index (κ3) is 3.91. The van der Waals surface area contributed by atoms with Crippen LogP contribution in [0, 0.1) is 11.2 Å². The predicted molar refractivity (Wildman–Crippen MR) is 109 cm³/mol. The van der Waals surface area contributed by atoms with Crippen LogP contribution in [0.1, 0.15) is 44.9 Å². The summed E-state index contributed by atoms with van der Waals surface area (Å²) in [7, 11) is 0. The lowest BCUT2D eigenvalue weighted by Gasteiger charge is -2.26. The molecular formula is C21H22Cl2FNO3. The molecule has 2 aromatic carbocycles. The lowest BCUT2D eigenvalue weighted by molar-refractivity contribution is 0.0391. The number of hydrogen-bond donors (Lipinski definition) is 1. The van der Waals surface area contributed by atoms with Gasteiger partial charge in [0.1, 0.15) is 11.9 Å². The van der Waals surface area contributed by atoms with Crippen LogP contribution < -0.4 is 10.5 Å². The summed E-state index contributed by atoms with van der Waals surface area (Å²) in [5.74, 6) is -0.0844. The predicted octanol–water partition coefficient (Wildman–Crippen LogP) is 6.31. The van der Waals surface area contributed by atoms with Crippen molar-refractivity contribution >= 4 is 29.3 Å². The van der Waals surface area contributed by atoms with Crippen LogP contribution in [0.15, 0.2) is 24.3 Å². The van der Waals surface area contributed by atoms with Crippen molar-refractivity contribution in [2.45, 2.75) is 46.3 Å². The maximum Gasteiger partial charge on any atom is 0.405 e. The maximum atomic E-state index is 15.0. The van der Waals surface area contributed by atoms with E-state index in [1.54, 1.807) is 18.2 Å². The minimum absolute atomic E-state index is 0.0954. The largest absolute Gasteiger partial charge is 0.488 e. The van der Waals surface area contributed by atoms with Crippen molar-refractivity contribution in [3.05, 3.63) is 51.3 Å².